The van der Waals surface area contributed by atoms with Crippen molar-refractivity contribution in [3.63, 3.8) is 0 Å². The first-order valence-electron chi connectivity index (χ1n) is 6.29. The van der Waals surface area contributed by atoms with Gasteiger partial charge in [-0.2, -0.15) is 5.26 Å². The number of benzene rings is 2. The Kier molecular flexibility index (Phi) is 4.32. The molecule has 0 aliphatic rings. The SMILES string of the molecule is CC(=O)Nc1ccccc1C(=O)Nc1ccccc1C#N. The molecule has 0 atom stereocenters. The third-order valence-corrected chi connectivity index (χ3v) is 2.78. The third kappa shape index (κ3) is 3.45. The zero-order chi connectivity index (χ0) is 15.2. The van der Waals surface area contributed by atoms with Crippen LogP contribution in [0.25, 0.3) is 0 Å². The van der Waals surface area contributed by atoms with Crippen LogP contribution in [0.2, 0.25) is 0 Å². The number of carbonyl (C=O) groups is 2. The molecule has 0 aromatic heterocycles. The zero-order valence-corrected chi connectivity index (χ0v) is 11.4. The van der Waals surface area contributed by atoms with E-state index in [0.717, 1.165) is 0 Å². The Morgan fingerprint density at radius 2 is 1.57 bits per heavy atom. The van der Waals surface area contributed by atoms with Crippen LogP contribution in [0.5, 0.6) is 0 Å². The van der Waals surface area contributed by atoms with E-state index in [-0.39, 0.29) is 11.8 Å². The van der Waals surface area contributed by atoms with Crippen LogP contribution < -0.4 is 10.6 Å². The van der Waals surface area contributed by atoms with Crippen molar-refractivity contribution in [3.8, 4) is 6.07 Å². The van der Waals surface area contributed by atoms with Crippen LogP contribution in [-0.4, -0.2) is 11.8 Å². The molecule has 0 spiro atoms. The summed E-state index contributed by atoms with van der Waals surface area (Å²) in [6.45, 7) is 1.37. The fraction of sp³-hybridized carbons (Fsp3) is 0.0625. The van der Waals surface area contributed by atoms with Crippen molar-refractivity contribution in [2.24, 2.45) is 0 Å². The van der Waals surface area contributed by atoms with E-state index >= 15 is 0 Å². The summed E-state index contributed by atoms with van der Waals surface area (Å²) in [7, 11) is 0. The zero-order valence-electron chi connectivity index (χ0n) is 11.4. The predicted molar refractivity (Wildman–Crippen MR) is 79.9 cm³/mol. The molecule has 0 bridgehead atoms. The van der Waals surface area contributed by atoms with Crippen LogP contribution in [0.15, 0.2) is 48.5 Å². The van der Waals surface area contributed by atoms with E-state index in [1.54, 1.807) is 48.5 Å². The van der Waals surface area contributed by atoms with Gasteiger partial charge in [-0.05, 0) is 24.3 Å². The quantitative estimate of drug-likeness (QED) is 0.906. The number of nitrogens with one attached hydrogen (secondary N) is 2. The van der Waals surface area contributed by atoms with Crippen molar-refractivity contribution in [2.75, 3.05) is 10.6 Å². The van der Waals surface area contributed by atoms with Gasteiger partial charge in [0.25, 0.3) is 5.91 Å². The molecule has 0 radical (unpaired) electrons. The minimum atomic E-state index is -0.387. The fourth-order valence-electron chi connectivity index (χ4n) is 1.86. The molecule has 2 N–H and O–H groups in total. The topological polar surface area (TPSA) is 82.0 Å². The summed E-state index contributed by atoms with van der Waals surface area (Å²) in [5, 5.41) is 14.3. The number of carbonyl (C=O) groups excluding carboxylic acids is 2. The van der Waals surface area contributed by atoms with Gasteiger partial charge in [-0.1, -0.05) is 24.3 Å². The van der Waals surface area contributed by atoms with Crippen molar-refractivity contribution < 1.29 is 9.59 Å². The molecule has 0 fully saturated rings. The normalized spacial score (nSPS) is 9.52. The Morgan fingerprint density at radius 1 is 0.952 bits per heavy atom. The summed E-state index contributed by atoms with van der Waals surface area (Å²) in [6.07, 6.45) is 0. The second-order valence-corrected chi connectivity index (χ2v) is 4.34. The maximum absolute atomic E-state index is 12.3. The Labute approximate surface area is 122 Å². The molecule has 2 aromatic rings. The fourth-order valence-corrected chi connectivity index (χ4v) is 1.86. The highest BCUT2D eigenvalue weighted by molar-refractivity contribution is 6.10. The lowest BCUT2D eigenvalue weighted by Gasteiger charge is -2.11. The van der Waals surface area contributed by atoms with Gasteiger partial charge in [-0.15, -0.1) is 0 Å². The van der Waals surface area contributed by atoms with E-state index in [0.29, 0.717) is 22.5 Å². The predicted octanol–water partition coefficient (Wildman–Crippen LogP) is 2.77. The molecule has 2 aromatic carbocycles. The van der Waals surface area contributed by atoms with Crippen LogP contribution in [0.4, 0.5) is 11.4 Å². The first kappa shape index (κ1) is 14.3. The van der Waals surface area contributed by atoms with Crippen molar-refractivity contribution in [2.45, 2.75) is 6.92 Å². The summed E-state index contributed by atoms with van der Waals surface area (Å²) < 4.78 is 0. The van der Waals surface area contributed by atoms with Crippen molar-refractivity contribution in [3.05, 3.63) is 59.7 Å². The standard InChI is InChI=1S/C16H13N3O2/c1-11(20)18-15-9-5-3-7-13(15)16(21)19-14-8-4-2-6-12(14)10-17/h2-9H,1H3,(H,18,20)(H,19,21). The summed E-state index contributed by atoms with van der Waals surface area (Å²) in [5.41, 5.74) is 1.57. The van der Waals surface area contributed by atoms with Gasteiger partial charge in [0.05, 0.1) is 22.5 Å². The van der Waals surface area contributed by atoms with Gasteiger partial charge in [0.1, 0.15) is 6.07 Å². The van der Waals surface area contributed by atoms with Gasteiger partial charge < -0.3 is 10.6 Å². The molecular formula is C16H13N3O2. The molecule has 104 valence electrons. The number of amides is 2. The van der Waals surface area contributed by atoms with Gasteiger partial charge in [0.2, 0.25) is 5.91 Å². The van der Waals surface area contributed by atoms with Crippen LogP contribution in [0, 0.1) is 11.3 Å². The molecule has 2 rings (SSSR count). The lowest BCUT2D eigenvalue weighted by molar-refractivity contribution is -0.114. The highest BCUT2D eigenvalue weighted by Gasteiger charge is 2.13. The maximum Gasteiger partial charge on any atom is 0.257 e. The van der Waals surface area contributed by atoms with Crippen molar-refractivity contribution in [1.82, 2.24) is 0 Å². The molecule has 0 heterocycles. The van der Waals surface area contributed by atoms with Gasteiger partial charge in [-0.3, -0.25) is 9.59 Å². The largest absolute Gasteiger partial charge is 0.326 e. The van der Waals surface area contributed by atoms with Crippen molar-refractivity contribution >= 4 is 23.2 Å². The monoisotopic (exact) mass is 279 g/mol. The van der Waals surface area contributed by atoms with E-state index in [2.05, 4.69) is 10.6 Å². The van der Waals surface area contributed by atoms with Crippen LogP contribution in [0.1, 0.15) is 22.8 Å². The first-order valence-corrected chi connectivity index (χ1v) is 6.29. The summed E-state index contributed by atoms with van der Waals surface area (Å²) >= 11 is 0. The van der Waals surface area contributed by atoms with E-state index in [9.17, 15) is 9.59 Å². The molecule has 5 heteroatoms. The molecular weight excluding hydrogens is 266 g/mol. The second kappa shape index (κ2) is 6.35. The lowest BCUT2D eigenvalue weighted by atomic mass is 10.1. The van der Waals surface area contributed by atoms with Gasteiger partial charge in [0, 0.05) is 6.92 Å². The number of nitriles is 1. The number of rotatable bonds is 3. The molecule has 0 unspecified atom stereocenters. The van der Waals surface area contributed by atoms with Crippen LogP contribution in [0.3, 0.4) is 0 Å². The molecule has 5 nitrogen and oxygen atoms in total. The summed E-state index contributed by atoms with van der Waals surface area (Å²) in [5.74, 6) is -0.644. The second-order valence-electron chi connectivity index (χ2n) is 4.34. The van der Waals surface area contributed by atoms with Crippen LogP contribution >= 0.6 is 0 Å². The van der Waals surface area contributed by atoms with E-state index in [1.165, 1.54) is 6.92 Å². The van der Waals surface area contributed by atoms with E-state index in [4.69, 9.17) is 5.26 Å². The Bertz CT molecular complexity index is 732. The third-order valence-electron chi connectivity index (χ3n) is 2.78. The molecule has 0 saturated heterocycles. The highest BCUT2D eigenvalue weighted by Crippen LogP contribution is 2.19. The van der Waals surface area contributed by atoms with Gasteiger partial charge in [0.15, 0.2) is 0 Å². The number of para-hydroxylation sites is 2. The molecule has 0 saturated carbocycles. The Balaban J connectivity index is 2.29. The van der Waals surface area contributed by atoms with Crippen molar-refractivity contribution in [1.29, 1.82) is 5.26 Å². The highest BCUT2D eigenvalue weighted by atomic mass is 16.2. The van der Waals surface area contributed by atoms with Gasteiger partial charge in [-0.25, -0.2) is 0 Å². The molecule has 21 heavy (non-hydrogen) atoms. The number of anilines is 2. The minimum absolute atomic E-state index is 0.257. The minimum Gasteiger partial charge on any atom is -0.326 e. The first-order chi connectivity index (χ1) is 10.1. The lowest BCUT2D eigenvalue weighted by Crippen LogP contribution is -2.17. The Morgan fingerprint density at radius 3 is 2.24 bits per heavy atom. The molecule has 2 amide bonds. The van der Waals surface area contributed by atoms with E-state index in [1.807, 2.05) is 6.07 Å². The average Bonchev–Trinajstić information content (AvgIpc) is 2.47. The smallest absolute Gasteiger partial charge is 0.257 e. The summed E-state index contributed by atoms with van der Waals surface area (Å²) in [6, 6.07) is 15.4. The Hall–Kier alpha value is -3.13. The number of nitrogens with zero attached hydrogens (tertiary/aromatic N) is 1. The molecule has 0 aliphatic carbocycles. The number of hydrogen-bond donors (Lipinski definition) is 2. The van der Waals surface area contributed by atoms with E-state index < -0.39 is 0 Å². The molecule has 0 aliphatic heterocycles. The average molecular weight is 279 g/mol. The maximum atomic E-state index is 12.3. The number of hydrogen-bond acceptors (Lipinski definition) is 3. The van der Waals surface area contributed by atoms with Crippen LogP contribution in [-0.2, 0) is 4.79 Å². The van der Waals surface area contributed by atoms with Gasteiger partial charge >= 0.3 is 0 Å². The summed E-state index contributed by atoms with van der Waals surface area (Å²) in [4.78, 5) is 23.5.